The monoisotopic (exact) mass is 847 g/mol. The van der Waals surface area contributed by atoms with Crippen molar-refractivity contribution in [1.29, 1.82) is 0 Å². The van der Waals surface area contributed by atoms with Crippen LogP contribution in [0.25, 0.3) is 32.3 Å². The van der Waals surface area contributed by atoms with Crippen molar-refractivity contribution in [1.82, 2.24) is 0 Å². The van der Waals surface area contributed by atoms with E-state index in [-0.39, 0.29) is 0 Å². The first-order valence-corrected chi connectivity index (χ1v) is 25.2. The Hall–Kier alpha value is -3.19. The van der Waals surface area contributed by atoms with Crippen molar-refractivity contribution >= 4 is 44.9 Å². The molecule has 6 nitrogen and oxygen atoms in total. The molecule has 0 bridgehead atoms. The van der Waals surface area contributed by atoms with Crippen molar-refractivity contribution in [3.05, 3.63) is 36.4 Å². The molecule has 0 aliphatic heterocycles. The number of benzene rings is 4. The average Bonchev–Trinajstić information content (AvgIpc) is 3.26. The molecule has 0 aromatic heterocycles. The van der Waals surface area contributed by atoms with Crippen LogP contribution in [-0.4, -0.2) is 45.4 Å². The maximum atomic E-state index is 6.64. The molecular weight excluding hydrogens is 765 g/mol. The third kappa shape index (κ3) is 16.3. The van der Waals surface area contributed by atoms with Gasteiger partial charge in [-0.05, 0) is 126 Å². The van der Waals surface area contributed by atoms with Gasteiger partial charge in [-0.25, -0.2) is 0 Å². The summed E-state index contributed by atoms with van der Waals surface area (Å²) in [6, 6.07) is 13.3. The highest BCUT2D eigenvalue weighted by molar-refractivity contribution is 7.80. The van der Waals surface area contributed by atoms with Gasteiger partial charge >= 0.3 is 0 Å². The fourth-order valence-electron chi connectivity index (χ4n) is 7.82. The summed E-state index contributed by atoms with van der Waals surface area (Å²) in [6.45, 7) is 15.2. The lowest BCUT2D eigenvalue weighted by atomic mass is 9.93. The highest BCUT2D eigenvalue weighted by atomic mass is 32.1. The number of unbranched alkanes of at least 4 members (excludes halogenated alkanes) is 17. The van der Waals surface area contributed by atoms with E-state index in [1.165, 1.54) is 64.2 Å². The Balaban J connectivity index is 1.95. The van der Waals surface area contributed by atoms with Crippen LogP contribution >= 0.6 is 12.6 Å². The van der Waals surface area contributed by atoms with Gasteiger partial charge in [-0.2, -0.15) is 12.6 Å². The Bertz CT molecular complexity index is 1410. The Kier molecular flexibility index (Phi) is 24.7. The minimum absolute atomic E-state index is 0.633. The molecule has 60 heavy (non-hydrogen) atoms. The van der Waals surface area contributed by atoms with Gasteiger partial charge in [0.25, 0.3) is 0 Å². The zero-order valence-corrected chi connectivity index (χ0v) is 39.5. The van der Waals surface area contributed by atoms with Crippen molar-refractivity contribution in [2.75, 3.05) is 45.4 Å². The maximum absolute atomic E-state index is 6.64. The fraction of sp³-hybridized carbons (Fsp3) is 0.660. The number of hydrogen-bond acceptors (Lipinski definition) is 7. The van der Waals surface area contributed by atoms with Crippen molar-refractivity contribution in [2.24, 2.45) is 0 Å². The van der Waals surface area contributed by atoms with Crippen LogP contribution in [0.4, 0.5) is 0 Å². The van der Waals surface area contributed by atoms with Crippen molar-refractivity contribution in [3.8, 4) is 34.5 Å². The minimum Gasteiger partial charge on any atom is -0.490 e. The number of ether oxygens (including phenoxy) is 6. The SMILES string of the molecule is CCCCCCOc1cc2c3cc(OCCCCCC)c(OCCCCCC)cc3c3cc(OCCCCCS)c(OCCCCCC)cc3c2cc1OCCCCCC. The molecule has 4 aromatic carbocycles. The Morgan fingerprint density at radius 2 is 0.450 bits per heavy atom. The standard InChI is InChI=1S/C53H82O6S/c1-6-11-16-22-29-54-48-36-42-43-37-49(55-30-23-17-12-7-2)51(57-32-25-19-14-9-4)39-45(43)47-41-53(59-34-27-21-28-35-60)52(58-33-26-20-15-10-5)40-46(47)44(42)38-50(48)56-31-24-18-13-8-3/h36-41,60H,6-35H2,1-5H3. The second-order valence-corrected chi connectivity index (χ2v) is 17.2. The highest BCUT2D eigenvalue weighted by Gasteiger charge is 2.21. The summed E-state index contributed by atoms with van der Waals surface area (Å²) < 4.78 is 39.8. The van der Waals surface area contributed by atoms with Crippen molar-refractivity contribution < 1.29 is 28.4 Å². The molecule has 0 unspecified atom stereocenters. The van der Waals surface area contributed by atoms with E-state index < -0.39 is 0 Å². The molecule has 4 aromatic rings. The van der Waals surface area contributed by atoms with Crippen LogP contribution in [0.3, 0.4) is 0 Å². The lowest BCUT2D eigenvalue weighted by molar-refractivity contribution is 0.259. The zero-order chi connectivity index (χ0) is 42.6. The van der Waals surface area contributed by atoms with E-state index >= 15 is 0 Å². The lowest BCUT2D eigenvalue weighted by Crippen LogP contribution is -2.05. The summed E-state index contributed by atoms with van der Waals surface area (Å²) in [7, 11) is 0. The first kappa shape index (κ1) is 49.5. The van der Waals surface area contributed by atoms with Gasteiger partial charge in [0, 0.05) is 0 Å². The predicted octanol–water partition coefficient (Wildman–Crippen LogP) is 16.4. The molecule has 0 N–H and O–H groups in total. The van der Waals surface area contributed by atoms with E-state index in [1.54, 1.807) is 0 Å². The first-order valence-electron chi connectivity index (χ1n) is 24.5. The molecule has 0 saturated carbocycles. The summed E-state index contributed by atoms with van der Waals surface area (Å²) in [5, 5.41) is 6.65. The highest BCUT2D eigenvalue weighted by Crippen LogP contribution is 2.47. The summed E-state index contributed by atoms with van der Waals surface area (Å²) in [4.78, 5) is 0. The first-order chi connectivity index (χ1) is 29.6. The molecular formula is C53H82O6S. The zero-order valence-electron chi connectivity index (χ0n) is 38.6. The summed E-state index contributed by atoms with van der Waals surface area (Å²) in [6.07, 6.45) is 26.1. The summed E-state index contributed by atoms with van der Waals surface area (Å²) >= 11 is 4.44. The van der Waals surface area contributed by atoms with Gasteiger partial charge in [-0.3, -0.25) is 0 Å². The van der Waals surface area contributed by atoms with Gasteiger partial charge < -0.3 is 28.4 Å². The molecule has 7 heteroatoms. The van der Waals surface area contributed by atoms with Gasteiger partial charge in [0.1, 0.15) is 0 Å². The Morgan fingerprint density at radius 1 is 0.267 bits per heavy atom. The molecule has 0 saturated heterocycles. The van der Waals surface area contributed by atoms with Gasteiger partial charge in [0.15, 0.2) is 34.5 Å². The Morgan fingerprint density at radius 3 is 0.617 bits per heavy atom. The Labute approximate surface area is 370 Å². The number of fused-ring (bicyclic) bond motifs is 6. The molecule has 0 aliphatic carbocycles. The van der Waals surface area contributed by atoms with Crippen molar-refractivity contribution in [2.45, 2.75) is 182 Å². The van der Waals surface area contributed by atoms with E-state index in [0.29, 0.717) is 39.6 Å². The van der Waals surface area contributed by atoms with E-state index in [9.17, 15) is 0 Å². The number of rotatable bonds is 36. The average molecular weight is 847 g/mol. The quantitative estimate of drug-likeness (QED) is 0.0280. The fourth-order valence-corrected chi connectivity index (χ4v) is 8.04. The van der Waals surface area contributed by atoms with E-state index in [2.05, 4.69) is 83.6 Å². The lowest BCUT2D eigenvalue weighted by Gasteiger charge is -2.21. The van der Waals surface area contributed by atoms with Crippen LogP contribution in [0.15, 0.2) is 36.4 Å². The van der Waals surface area contributed by atoms with Crippen LogP contribution in [-0.2, 0) is 0 Å². The molecule has 336 valence electrons. The summed E-state index contributed by atoms with van der Waals surface area (Å²) in [5.74, 6) is 5.71. The van der Waals surface area contributed by atoms with Gasteiger partial charge in [-0.15, -0.1) is 0 Å². The maximum Gasteiger partial charge on any atom is 0.161 e. The largest absolute Gasteiger partial charge is 0.490 e. The number of thiol groups is 1. The molecule has 0 radical (unpaired) electrons. The molecule has 0 heterocycles. The minimum atomic E-state index is 0.633. The van der Waals surface area contributed by atoms with Crippen LogP contribution in [0.1, 0.15) is 182 Å². The normalized spacial score (nSPS) is 11.5. The molecule has 0 atom stereocenters. The van der Waals surface area contributed by atoms with E-state index in [4.69, 9.17) is 28.4 Å². The van der Waals surface area contributed by atoms with E-state index in [1.807, 2.05) is 0 Å². The second kappa shape index (κ2) is 30.0. The molecule has 0 amide bonds. The van der Waals surface area contributed by atoms with Crippen LogP contribution in [0, 0.1) is 0 Å². The third-order valence-electron chi connectivity index (χ3n) is 11.5. The van der Waals surface area contributed by atoms with Gasteiger partial charge in [0.05, 0.1) is 39.6 Å². The molecule has 0 aliphatic rings. The molecule has 0 fully saturated rings. The topological polar surface area (TPSA) is 55.4 Å². The predicted molar refractivity (Wildman–Crippen MR) is 260 cm³/mol. The van der Waals surface area contributed by atoms with Crippen LogP contribution in [0.5, 0.6) is 34.5 Å². The van der Waals surface area contributed by atoms with E-state index in [0.717, 1.165) is 156 Å². The van der Waals surface area contributed by atoms with Gasteiger partial charge in [-0.1, -0.05) is 131 Å². The van der Waals surface area contributed by atoms with Crippen LogP contribution < -0.4 is 28.4 Å². The van der Waals surface area contributed by atoms with Gasteiger partial charge in [0.2, 0.25) is 0 Å². The molecule has 4 rings (SSSR count). The smallest absolute Gasteiger partial charge is 0.161 e. The third-order valence-corrected chi connectivity index (χ3v) is 11.8. The van der Waals surface area contributed by atoms with Crippen LogP contribution in [0.2, 0.25) is 0 Å². The molecule has 0 spiro atoms. The summed E-state index contributed by atoms with van der Waals surface area (Å²) in [5.41, 5.74) is 0. The second-order valence-electron chi connectivity index (χ2n) is 16.7. The van der Waals surface area contributed by atoms with Crippen molar-refractivity contribution in [3.63, 3.8) is 0 Å². The number of hydrogen-bond donors (Lipinski definition) is 1.